The number of amides is 1. The van der Waals surface area contributed by atoms with Crippen LogP contribution in [0, 0.1) is 0 Å². The minimum atomic E-state index is -0.517. The van der Waals surface area contributed by atoms with E-state index in [9.17, 15) is 4.79 Å². The molecule has 2 rings (SSSR count). The van der Waals surface area contributed by atoms with Crippen molar-refractivity contribution in [2.75, 3.05) is 13.1 Å². The minimum absolute atomic E-state index is 0.276. The molecule has 0 aliphatic carbocycles. The summed E-state index contributed by atoms with van der Waals surface area (Å²) in [6.45, 7) is 3.81. The van der Waals surface area contributed by atoms with Crippen LogP contribution < -0.4 is 16.1 Å². The molecule has 0 unspecified atom stereocenters. The SMILES string of the molecule is CC1=C(c2[nH+][nH]nc2C(N)=O)CNCCC1. The van der Waals surface area contributed by atoms with E-state index in [4.69, 9.17) is 5.73 Å². The van der Waals surface area contributed by atoms with Gasteiger partial charge in [-0.2, -0.15) is 5.10 Å². The Balaban J connectivity index is 2.41. The third kappa shape index (κ3) is 1.96. The molecule has 1 aromatic heterocycles. The van der Waals surface area contributed by atoms with Gasteiger partial charge in [0.05, 0.1) is 5.10 Å². The van der Waals surface area contributed by atoms with Crippen molar-refractivity contribution in [1.29, 1.82) is 0 Å². The van der Waals surface area contributed by atoms with Crippen LogP contribution in [0.3, 0.4) is 0 Å². The smallest absolute Gasteiger partial charge is 0.312 e. The Hall–Kier alpha value is -1.69. The van der Waals surface area contributed by atoms with E-state index in [2.05, 4.69) is 27.7 Å². The second kappa shape index (κ2) is 4.44. The van der Waals surface area contributed by atoms with Gasteiger partial charge in [0.2, 0.25) is 5.69 Å². The van der Waals surface area contributed by atoms with Gasteiger partial charge in [-0.3, -0.25) is 4.79 Å². The minimum Gasteiger partial charge on any atom is -0.362 e. The Morgan fingerprint density at radius 3 is 3.12 bits per heavy atom. The fourth-order valence-electron chi connectivity index (χ4n) is 1.95. The highest BCUT2D eigenvalue weighted by atomic mass is 16.1. The molecule has 1 amide bonds. The number of primary amides is 1. The summed E-state index contributed by atoms with van der Waals surface area (Å²) in [5, 5.41) is 12.6. The second-order valence-corrected chi connectivity index (χ2v) is 3.98. The highest BCUT2D eigenvalue weighted by molar-refractivity contribution is 5.95. The molecular formula is C10H16N5O+. The molecule has 0 radical (unpaired) electrons. The predicted octanol–water partition coefficient (Wildman–Crippen LogP) is -0.520. The summed E-state index contributed by atoms with van der Waals surface area (Å²) in [6, 6.07) is 0. The van der Waals surface area contributed by atoms with Gasteiger partial charge in [-0.25, -0.2) is 0 Å². The van der Waals surface area contributed by atoms with Crippen LogP contribution in [0.15, 0.2) is 5.57 Å². The van der Waals surface area contributed by atoms with Crippen LogP contribution in [0.1, 0.15) is 35.9 Å². The summed E-state index contributed by atoms with van der Waals surface area (Å²) in [5.41, 5.74) is 8.60. The molecule has 2 heterocycles. The average molecular weight is 222 g/mol. The van der Waals surface area contributed by atoms with Crippen molar-refractivity contribution in [1.82, 2.24) is 15.6 Å². The van der Waals surface area contributed by atoms with E-state index < -0.39 is 5.91 Å². The summed E-state index contributed by atoms with van der Waals surface area (Å²) < 4.78 is 0. The number of carbonyl (C=O) groups excluding carboxylic acids is 1. The van der Waals surface area contributed by atoms with E-state index in [0.717, 1.165) is 31.5 Å². The third-order valence-electron chi connectivity index (χ3n) is 2.84. The van der Waals surface area contributed by atoms with Crippen molar-refractivity contribution in [3.05, 3.63) is 17.0 Å². The van der Waals surface area contributed by atoms with E-state index in [1.54, 1.807) is 0 Å². The standard InChI is InChI=1S/C10H15N5O/c1-6-3-2-4-12-5-7(6)8-9(10(11)16)14-15-13-8/h12H,2-5H2,1H3,(H2,11,16)(H,13,14,15)/p+1. The van der Waals surface area contributed by atoms with Crippen molar-refractivity contribution in [2.45, 2.75) is 19.8 Å². The molecule has 0 fully saturated rings. The van der Waals surface area contributed by atoms with Crippen LogP contribution in [0.25, 0.3) is 5.57 Å². The average Bonchev–Trinajstić information content (AvgIpc) is 2.63. The lowest BCUT2D eigenvalue weighted by Gasteiger charge is -2.03. The van der Waals surface area contributed by atoms with Gasteiger partial charge in [-0.1, -0.05) is 10.8 Å². The molecule has 0 spiro atoms. The molecule has 1 aromatic rings. The molecule has 6 heteroatoms. The van der Waals surface area contributed by atoms with Gasteiger partial charge >= 0.3 is 5.69 Å². The fourth-order valence-corrected chi connectivity index (χ4v) is 1.95. The molecule has 16 heavy (non-hydrogen) atoms. The maximum atomic E-state index is 11.2. The Bertz CT molecular complexity index is 434. The molecular weight excluding hydrogens is 206 g/mol. The zero-order valence-electron chi connectivity index (χ0n) is 9.26. The molecule has 1 aliphatic rings. The van der Waals surface area contributed by atoms with E-state index in [1.807, 2.05) is 0 Å². The van der Waals surface area contributed by atoms with Crippen LogP contribution in [0.5, 0.6) is 0 Å². The summed E-state index contributed by atoms with van der Waals surface area (Å²) in [7, 11) is 0. The van der Waals surface area contributed by atoms with Gasteiger partial charge < -0.3 is 11.1 Å². The summed E-state index contributed by atoms with van der Waals surface area (Å²) in [5.74, 6) is -0.517. The number of rotatable bonds is 2. The van der Waals surface area contributed by atoms with Crippen LogP contribution in [-0.4, -0.2) is 29.3 Å². The molecule has 0 aromatic carbocycles. The number of aromatic amines is 2. The maximum Gasteiger partial charge on any atom is 0.312 e. The lowest BCUT2D eigenvalue weighted by Crippen LogP contribution is -2.22. The Kier molecular flexibility index (Phi) is 3.00. The number of nitrogens with zero attached hydrogens (tertiary/aromatic N) is 1. The van der Waals surface area contributed by atoms with E-state index in [1.165, 1.54) is 5.57 Å². The number of carbonyl (C=O) groups is 1. The van der Waals surface area contributed by atoms with Gasteiger partial charge in [0, 0.05) is 12.1 Å². The first-order valence-corrected chi connectivity index (χ1v) is 5.35. The number of aromatic nitrogens is 3. The van der Waals surface area contributed by atoms with Gasteiger partial charge in [-0.05, 0) is 26.3 Å². The monoisotopic (exact) mass is 222 g/mol. The summed E-state index contributed by atoms with van der Waals surface area (Å²) >= 11 is 0. The van der Waals surface area contributed by atoms with Gasteiger partial charge in [0.25, 0.3) is 5.91 Å². The first kappa shape index (κ1) is 10.8. The highest BCUT2D eigenvalue weighted by Gasteiger charge is 2.25. The van der Waals surface area contributed by atoms with Crippen molar-refractivity contribution in [3.63, 3.8) is 0 Å². The van der Waals surface area contributed by atoms with Crippen molar-refractivity contribution in [2.24, 2.45) is 5.73 Å². The molecule has 86 valence electrons. The van der Waals surface area contributed by atoms with Gasteiger partial charge in [-0.15, -0.1) is 0 Å². The highest BCUT2D eigenvalue weighted by Crippen LogP contribution is 2.21. The number of allylic oxidation sites excluding steroid dienone is 1. The van der Waals surface area contributed by atoms with Gasteiger partial charge in [0.1, 0.15) is 0 Å². The fraction of sp³-hybridized carbons (Fsp3) is 0.500. The molecule has 0 saturated heterocycles. The van der Waals surface area contributed by atoms with Crippen LogP contribution in [0.4, 0.5) is 0 Å². The molecule has 0 bridgehead atoms. The number of hydrogen-bond donors (Lipinski definition) is 3. The van der Waals surface area contributed by atoms with Crippen LogP contribution >= 0.6 is 0 Å². The largest absolute Gasteiger partial charge is 0.362 e. The Morgan fingerprint density at radius 2 is 2.38 bits per heavy atom. The molecule has 5 N–H and O–H groups in total. The van der Waals surface area contributed by atoms with E-state index >= 15 is 0 Å². The lowest BCUT2D eigenvalue weighted by atomic mass is 10.0. The summed E-state index contributed by atoms with van der Waals surface area (Å²) in [6.07, 6.45) is 2.14. The zero-order chi connectivity index (χ0) is 11.5. The Labute approximate surface area is 93.3 Å². The summed E-state index contributed by atoms with van der Waals surface area (Å²) in [4.78, 5) is 11.2. The molecule has 0 saturated carbocycles. The van der Waals surface area contributed by atoms with Crippen molar-refractivity contribution < 1.29 is 9.89 Å². The quantitative estimate of drug-likeness (QED) is 0.628. The number of hydrogen-bond acceptors (Lipinski definition) is 3. The first-order valence-electron chi connectivity index (χ1n) is 5.35. The zero-order valence-corrected chi connectivity index (χ0v) is 9.26. The van der Waals surface area contributed by atoms with Crippen molar-refractivity contribution in [3.8, 4) is 0 Å². The first-order chi connectivity index (χ1) is 7.70. The number of H-pyrrole nitrogens is 2. The molecule has 0 atom stereocenters. The van der Waals surface area contributed by atoms with Gasteiger partial charge in [0.15, 0.2) is 0 Å². The molecule has 6 nitrogen and oxygen atoms in total. The maximum absolute atomic E-state index is 11.2. The topological polar surface area (TPSA) is 97.9 Å². The lowest BCUT2D eigenvalue weighted by molar-refractivity contribution is -0.458. The van der Waals surface area contributed by atoms with Crippen molar-refractivity contribution >= 4 is 11.5 Å². The van der Waals surface area contributed by atoms with Crippen LogP contribution in [-0.2, 0) is 0 Å². The van der Waals surface area contributed by atoms with E-state index in [0.29, 0.717) is 5.69 Å². The third-order valence-corrected chi connectivity index (χ3v) is 2.84. The molecule has 1 aliphatic heterocycles. The Morgan fingerprint density at radius 1 is 1.56 bits per heavy atom. The normalized spacial score (nSPS) is 17.3. The second-order valence-electron chi connectivity index (χ2n) is 3.98. The predicted molar refractivity (Wildman–Crippen MR) is 58.4 cm³/mol. The van der Waals surface area contributed by atoms with Crippen LogP contribution in [0.2, 0.25) is 0 Å². The van der Waals surface area contributed by atoms with E-state index in [-0.39, 0.29) is 5.69 Å². The number of nitrogens with two attached hydrogens (primary N) is 1. The number of nitrogens with one attached hydrogen (secondary N) is 3.